The predicted octanol–water partition coefficient (Wildman–Crippen LogP) is 3.40. The summed E-state index contributed by atoms with van der Waals surface area (Å²) in [5.74, 6) is -0.187. The van der Waals surface area contributed by atoms with Crippen molar-refractivity contribution in [3.05, 3.63) is 59.9 Å². The smallest absolute Gasteiger partial charge is 0.128 e. The van der Waals surface area contributed by atoms with Crippen LogP contribution in [0.5, 0.6) is 0 Å². The maximum atomic E-state index is 13.7. The van der Waals surface area contributed by atoms with Crippen LogP contribution in [0.4, 0.5) is 15.8 Å². The molecule has 1 fully saturated rings. The summed E-state index contributed by atoms with van der Waals surface area (Å²) in [5.41, 5.74) is 2.78. The molecule has 116 valence electrons. The maximum absolute atomic E-state index is 13.7. The molecule has 0 bridgehead atoms. The van der Waals surface area contributed by atoms with E-state index in [1.165, 1.54) is 6.07 Å². The summed E-state index contributed by atoms with van der Waals surface area (Å²) >= 11 is 0. The highest BCUT2D eigenvalue weighted by Crippen LogP contribution is 2.28. The third-order valence-electron chi connectivity index (χ3n) is 4.14. The summed E-state index contributed by atoms with van der Waals surface area (Å²) in [6.45, 7) is 2.15. The first kappa shape index (κ1) is 14.9. The van der Waals surface area contributed by atoms with E-state index in [0.717, 1.165) is 37.3 Å². The Labute approximate surface area is 130 Å². The molecule has 3 rings (SSSR count). The first-order valence-electron chi connectivity index (χ1n) is 7.73. The number of aliphatic hydroxyl groups is 1. The molecule has 3 nitrogen and oxygen atoms in total. The van der Waals surface area contributed by atoms with Crippen LogP contribution in [0.2, 0.25) is 0 Å². The number of rotatable bonds is 4. The van der Waals surface area contributed by atoms with E-state index in [9.17, 15) is 9.50 Å². The normalized spacial score (nSPS) is 15.8. The molecular weight excluding hydrogens is 279 g/mol. The molecule has 1 aliphatic rings. The summed E-state index contributed by atoms with van der Waals surface area (Å²) < 4.78 is 13.7. The van der Waals surface area contributed by atoms with Crippen molar-refractivity contribution >= 4 is 11.4 Å². The second-order valence-corrected chi connectivity index (χ2v) is 5.68. The molecule has 1 saturated heterocycles. The van der Waals surface area contributed by atoms with E-state index in [2.05, 4.69) is 16.3 Å². The van der Waals surface area contributed by atoms with Gasteiger partial charge >= 0.3 is 0 Å². The van der Waals surface area contributed by atoms with Gasteiger partial charge in [0.25, 0.3) is 0 Å². The van der Waals surface area contributed by atoms with Gasteiger partial charge < -0.3 is 15.3 Å². The minimum absolute atomic E-state index is 0.185. The van der Waals surface area contributed by atoms with E-state index < -0.39 is 0 Å². The molecule has 22 heavy (non-hydrogen) atoms. The molecule has 0 atom stereocenters. The van der Waals surface area contributed by atoms with Crippen molar-refractivity contribution in [2.45, 2.75) is 25.5 Å². The van der Waals surface area contributed by atoms with Gasteiger partial charge in [0.15, 0.2) is 0 Å². The molecule has 0 spiro atoms. The zero-order valence-electron chi connectivity index (χ0n) is 12.5. The van der Waals surface area contributed by atoms with Crippen LogP contribution in [-0.4, -0.2) is 24.3 Å². The van der Waals surface area contributed by atoms with Gasteiger partial charge in [0.05, 0.1) is 17.5 Å². The Morgan fingerprint density at radius 3 is 2.50 bits per heavy atom. The Bertz CT molecular complexity index is 624. The lowest BCUT2D eigenvalue weighted by atomic mass is 10.1. The number of para-hydroxylation sites is 2. The van der Waals surface area contributed by atoms with Crippen molar-refractivity contribution < 1.29 is 9.50 Å². The van der Waals surface area contributed by atoms with Crippen LogP contribution in [0.25, 0.3) is 0 Å². The van der Waals surface area contributed by atoms with E-state index in [1.54, 1.807) is 12.1 Å². The first-order valence-corrected chi connectivity index (χ1v) is 7.73. The van der Waals surface area contributed by atoms with E-state index in [0.29, 0.717) is 12.1 Å². The number of nitrogens with zero attached hydrogens (tertiary/aromatic N) is 1. The van der Waals surface area contributed by atoms with Gasteiger partial charge in [0.2, 0.25) is 0 Å². The van der Waals surface area contributed by atoms with Crippen molar-refractivity contribution in [3.63, 3.8) is 0 Å². The predicted molar refractivity (Wildman–Crippen MR) is 87.6 cm³/mol. The molecule has 0 aromatic heterocycles. The Morgan fingerprint density at radius 2 is 1.73 bits per heavy atom. The number of piperidine rings is 1. The summed E-state index contributed by atoms with van der Waals surface area (Å²) in [4.78, 5) is 2.27. The lowest BCUT2D eigenvalue weighted by molar-refractivity contribution is 0.145. The van der Waals surface area contributed by atoms with Crippen molar-refractivity contribution in [2.24, 2.45) is 0 Å². The topological polar surface area (TPSA) is 35.5 Å². The fourth-order valence-corrected chi connectivity index (χ4v) is 2.84. The lowest BCUT2D eigenvalue weighted by Crippen LogP contribution is -2.36. The standard InChI is InChI=1S/C18H21FN2O/c19-16-6-2-1-5-14(16)13-20-17-7-3-4-8-18(17)21-11-9-15(22)10-12-21/h1-8,15,20,22H,9-13H2. The summed E-state index contributed by atoms with van der Waals surface area (Å²) in [6, 6.07) is 14.9. The number of anilines is 2. The molecular formula is C18H21FN2O. The van der Waals surface area contributed by atoms with Gasteiger partial charge in [-0.1, -0.05) is 30.3 Å². The number of aliphatic hydroxyl groups excluding tert-OH is 1. The summed E-state index contributed by atoms with van der Waals surface area (Å²) in [6.07, 6.45) is 1.40. The number of nitrogens with one attached hydrogen (secondary N) is 1. The first-order chi connectivity index (χ1) is 10.7. The maximum Gasteiger partial charge on any atom is 0.128 e. The average Bonchev–Trinajstić information content (AvgIpc) is 2.55. The molecule has 0 unspecified atom stereocenters. The average molecular weight is 300 g/mol. The van der Waals surface area contributed by atoms with Crippen LogP contribution in [0.15, 0.2) is 48.5 Å². The zero-order valence-corrected chi connectivity index (χ0v) is 12.5. The second kappa shape index (κ2) is 6.79. The van der Waals surface area contributed by atoms with Crippen molar-refractivity contribution in [3.8, 4) is 0 Å². The van der Waals surface area contributed by atoms with Gasteiger partial charge in [-0.05, 0) is 31.0 Å². The number of hydrogen-bond donors (Lipinski definition) is 2. The largest absolute Gasteiger partial charge is 0.393 e. The minimum Gasteiger partial charge on any atom is -0.393 e. The monoisotopic (exact) mass is 300 g/mol. The molecule has 2 aromatic carbocycles. The molecule has 0 saturated carbocycles. The quantitative estimate of drug-likeness (QED) is 0.908. The van der Waals surface area contributed by atoms with E-state index >= 15 is 0 Å². The third kappa shape index (κ3) is 3.39. The van der Waals surface area contributed by atoms with Gasteiger partial charge in [-0.3, -0.25) is 0 Å². The van der Waals surface area contributed by atoms with Gasteiger partial charge in [-0.2, -0.15) is 0 Å². The lowest BCUT2D eigenvalue weighted by Gasteiger charge is -2.33. The molecule has 0 amide bonds. The van der Waals surface area contributed by atoms with Gasteiger partial charge in [0, 0.05) is 25.2 Å². The van der Waals surface area contributed by atoms with E-state index in [4.69, 9.17) is 0 Å². The highest BCUT2D eigenvalue weighted by Gasteiger charge is 2.19. The fourth-order valence-electron chi connectivity index (χ4n) is 2.84. The third-order valence-corrected chi connectivity index (χ3v) is 4.14. The van der Waals surface area contributed by atoms with Crippen LogP contribution >= 0.6 is 0 Å². The number of benzene rings is 2. The molecule has 1 aliphatic heterocycles. The molecule has 0 aliphatic carbocycles. The Morgan fingerprint density at radius 1 is 1.05 bits per heavy atom. The van der Waals surface area contributed by atoms with Crippen molar-refractivity contribution in [1.29, 1.82) is 0 Å². The van der Waals surface area contributed by atoms with Crippen molar-refractivity contribution in [1.82, 2.24) is 0 Å². The van der Waals surface area contributed by atoms with E-state index in [-0.39, 0.29) is 11.9 Å². The van der Waals surface area contributed by atoms with Crippen molar-refractivity contribution in [2.75, 3.05) is 23.3 Å². The molecule has 2 N–H and O–H groups in total. The van der Waals surface area contributed by atoms with Crippen LogP contribution in [0.3, 0.4) is 0 Å². The van der Waals surface area contributed by atoms with Gasteiger partial charge in [-0.25, -0.2) is 4.39 Å². The fraction of sp³-hybridized carbons (Fsp3) is 0.333. The number of halogens is 1. The molecule has 1 heterocycles. The Balaban J connectivity index is 1.73. The Hall–Kier alpha value is -2.07. The summed E-state index contributed by atoms with van der Waals surface area (Å²) in [7, 11) is 0. The van der Waals surface area contributed by atoms with Gasteiger partial charge in [0.1, 0.15) is 5.82 Å². The summed E-state index contributed by atoms with van der Waals surface area (Å²) in [5, 5.41) is 13.0. The molecule has 2 aromatic rings. The van der Waals surface area contributed by atoms with Crippen LogP contribution in [0, 0.1) is 5.82 Å². The number of hydrogen-bond acceptors (Lipinski definition) is 3. The highest BCUT2D eigenvalue weighted by molar-refractivity contribution is 5.70. The van der Waals surface area contributed by atoms with E-state index in [1.807, 2.05) is 24.3 Å². The molecule has 0 radical (unpaired) electrons. The van der Waals surface area contributed by atoms with Crippen LogP contribution < -0.4 is 10.2 Å². The second-order valence-electron chi connectivity index (χ2n) is 5.68. The zero-order chi connectivity index (χ0) is 15.4. The highest BCUT2D eigenvalue weighted by atomic mass is 19.1. The minimum atomic E-state index is -0.187. The van der Waals surface area contributed by atoms with Crippen LogP contribution in [-0.2, 0) is 6.54 Å². The SMILES string of the molecule is OC1CCN(c2ccccc2NCc2ccccc2F)CC1. The Kier molecular flexibility index (Phi) is 4.59. The molecule has 4 heteroatoms. The van der Waals surface area contributed by atoms with Crippen LogP contribution in [0.1, 0.15) is 18.4 Å². The van der Waals surface area contributed by atoms with Gasteiger partial charge in [-0.15, -0.1) is 0 Å².